The summed E-state index contributed by atoms with van der Waals surface area (Å²) in [5.74, 6) is 0.620. The molecule has 0 aliphatic carbocycles. The molecule has 2 heteroatoms. The molecule has 0 saturated carbocycles. The van der Waals surface area contributed by atoms with Gasteiger partial charge in [0.2, 0.25) is 0 Å². The number of hydrogen-bond donors (Lipinski definition) is 1. The van der Waals surface area contributed by atoms with Gasteiger partial charge in [0.25, 0.3) is 0 Å². The van der Waals surface area contributed by atoms with Crippen LogP contribution in [0.3, 0.4) is 0 Å². The van der Waals surface area contributed by atoms with E-state index in [2.05, 4.69) is 6.92 Å². The van der Waals surface area contributed by atoms with Crippen molar-refractivity contribution in [3.05, 3.63) is 0 Å². The fourth-order valence-corrected chi connectivity index (χ4v) is 1.64. The van der Waals surface area contributed by atoms with Crippen molar-refractivity contribution in [1.82, 2.24) is 0 Å². The van der Waals surface area contributed by atoms with Crippen LogP contribution in [0, 0.1) is 5.92 Å². The fourth-order valence-electron chi connectivity index (χ4n) is 1.64. The van der Waals surface area contributed by atoms with Gasteiger partial charge in [-0.25, -0.2) is 0 Å². The second-order valence-electron chi connectivity index (χ2n) is 2.88. The van der Waals surface area contributed by atoms with Crippen LogP contribution >= 0.6 is 0 Å². The number of ether oxygens (including phenoxy) is 1. The predicted molar refractivity (Wildman–Crippen MR) is 39.8 cm³/mol. The Morgan fingerprint density at radius 1 is 1.60 bits per heavy atom. The molecule has 1 aliphatic rings. The molecule has 0 radical (unpaired) electrons. The number of hydrogen-bond acceptors (Lipinski definition) is 2. The molecule has 0 amide bonds. The van der Waals surface area contributed by atoms with E-state index in [-0.39, 0.29) is 0 Å². The molecule has 1 saturated heterocycles. The van der Waals surface area contributed by atoms with Crippen molar-refractivity contribution in [2.75, 3.05) is 13.2 Å². The van der Waals surface area contributed by atoms with E-state index in [0.717, 1.165) is 25.9 Å². The van der Waals surface area contributed by atoms with Crippen LogP contribution in [0.1, 0.15) is 26.2 Å². The van der Waals surface area contributed by atoms with Gasteiger partial charge in [0, 0.05) is 13.2 Å². The molecule has 10 heavy (non-hydrogen) atoms. The van der Waals surface area contributed by atoms with Gasteiger partial charge in [-0.2, -0.15) is 0 Å². The molecule has 0 aromatic rings. The SMILES string of the molecule is CCC1OCCC1CCO. The van der Waals surface area contributed by atoms with Crippen LogP contribution in [0.25, 0.3) is 0 Å². The fraction of sp³-hybridized carbons (Fsp3) is 1.00. The Labute approximate surface area is 62.2 Å². The molecule has 2 unspecified atom stereocenters. The maximum Gasteiger partial charge on any atom is 0.0602 e. The van der Waals surface area contributed by atoms with Gasteiger partial charge >= 0.3 is 0 Å². The summed E-state index contributed by atoms with van der Waals surface area (Å²) in [5.41, 5.74) is 0. The lowest BCUT2D eigenvalue weighted by Gasteiger charge is -2.14. The van der Waals surface area contributed by atoms with Crippen LogP contribution in [0.2, 0.25) is 0 Å². The second-order valence-corrected chi connectivity index (χ2v) is 2.88. The van der Waals surface area contributed by atoms with Gasteiger partial charge in [0.05, 0.1) is 6.10 Å². The molecule has 1 heterocycles. The van der Waals surface area contributed by atoms with Crippen LogP contribution in [0.15, 0.2) is 0 Å². The van der Waals surface area contributed by atoms with Crippen LogP contribution in [0.5, 0.6) is 0 Å². The lowest BCUT2D eigenvalue weighted by molar-refractivity contribution is 0.0803. The van der Waals surface area contributed by atoms with Crippen molar-refractivity contribution < 1.29 is 9.84 Å². The predicted octanol–water partition coefficient (Wildman–Crippen LogP) is 1.18. The van der Waals surface area contributed by atoms with Crippen LogP contribution in [0.4, 0.5) is 0 Å². The molecule has 2 atom stereocenters. The summed E-state index contributed by atoms with van der Waals surface area (Å²) in [6.45, 7) is 3.34. The molecule has 0 bridgehead atoms. The molecule has 1 aliphatic heterocycles. The summed E-state index contributed by atoms with van der Waals surface area (Å²) < 4.78 is 5.46. The first-order chi connectivity index (χ1) is 4.88. The monoisotopic (exact) mass is 144 g/mol. The number of aliphatic hydroxyl groups is 1. The maximum absolute atomic E-state index is 8.68. The molecule has 0 spiro atoms. The van der Waals surface area contributed by atoms with Crippen LogP contribution in [-0.4, -0.2) is 24.4 Å². The van der Waals surface area contributed by atoms with Gasteiger partial charge in [-0.1, -0.05) is 6.92 Å². The van der Waals surface area contributed by atoms with Gasteiger partial charge in [-0.15, -0.1) is 0 Å². The third-order valence-corrected chi connectivity index (χ3v) is 2.25. The summed E-state index contributed by atoms with van der Waals surface area (Å²) in [7, 11) is 0. The van der Waals surface area contributed by atoms with Gasteiger partial charge in [0.15, 0.2) is 0 Å². The van der Waals surface area contributed by atoms with Gasteiger partial charge < -0.3 is 9.84 Å². The average Bonchev–Trinajstić information content (AvgIpc) is 2.36. The van der Waals surface area contributed by atoms with Gasteiger partial charge in [0.1, 0.15) is 0 Å². The largest absolute Gasteiger partial charge is 0.396 e. The van der Waals surface area contributed by atoms with Crippen molar-refractivity contribution in [2.45, 2.75) is 32.3 Å². The van der Waals surface area contributed by atoms with E-state index in [4.69, 9.17) is 9.84 Å². The van der Waals surface area contributed by atoms with Crippen molar-refractivity contribution >= 4 is 0 Å². The van der Waals surface area contributed by atoms with Crippen molar-refractivity contribution in [3.8, 4) is 0 Å². The van der Waals surface area contributed by atoms with Crippen LogP contribution < -0.4 is 0 Å². The van der Waals surface area contributed by atoms with Crippen molar-refractivity contribution in [1.29, 1.82) is 0 Å². The highest BCUT2D eigenvalue weighted by Gasteiger charge is 2.25. The highest BCUT2D eigenvalue weighted by atomic mass is 16.5. The summed E-state index contributed by atoms with van der Waals surface area (Å²) in [6.07, 6.45) is 3.56. The standard InChI is InChI=1S/C8H16O2/c1-2-8-7(3-5-9)4-6-10-8/h7-9H,2-6H2,1H3. The van der Waals surface area contributed by atoms with E-state index in [1.54, 1.807) is 0 Å². The van der Waals surface area contributed by atoms with Crippen molar-refractivity contribution in [3.63, 3.8) is 0 Å². The Morgan fingerprint density at radius 2 is 2.40 bits per heavy atom. The Balaban J connectivity index is 2.27. The van der Waals surface area contributed by atoms with Gasteiger partial charge in [-0.3, -0.25) is 0 Å². The maximum atomic E-state index is 8.68. The quantitative estimate of drug-likeness (QED) is 0.644. The minimum Gasteiger partial charge on any atom is -0.396 e. The normalized spacial score (nSPS) is 33.0. The molecule has 2 nitrogen and oxygen atoms in total. The third-order valence-electron chi connectivity index (χ3n) is 2.25. The average molecular weight is 144 g/mol. The first-order valence-electron chi connectivity index (χ1n) is 4.11. The van der Waals surface area contributed by atoms with E-state index in [1.807, 2.05) is 0 Å². The zero-order chi connectivity index (χ0) is 7.40. The molecule has 1 fully saturated rings. The minimum atomic E-state index is 0.310. The molecule has 1 rings (SSSR count). The summed E-state index contributed by atoms with van der Waals surface area (Å²) in [6, 6.07) is 0. The van der Waals surface area contributed by atoms with E-state index in [0.29, 0.717) is 18.6 Å². The first kappa shape index (κ1) is 8.02. The highest BCUT2D eigenvalue weighted by Crippen LogP contribution is 2.25. The Morgan fingerprint density at radius 3 is 3.00 bits per heavy atom. The van der Waals surface area contributed by atoms with Crippen LogP contribution in [-0.2, 0) is 4.74 Å². The molecular formula is C8H16O2. The number of aliphatic hydroxyl groups excluding tert-OH is 1. The Bertz CT molecular complexity index is 93.3. The van der Waals surface area contributed by atoms with Gasteiger partial charge in [-0.05, 0) is 25.2 Å². The number of rotatable bonds is 3. The van der Waals surface area contributed by atoms with E-state index >= 15 is 0 Å². The topological polar surface area (TPSA) is 29.5 Å². The highest BCUT2D eigenvalue weighted by molar-refractivity contribution is 4.74. The lowest BCUT2D eigenvalue weighted by Crippen LogP contribution is -2.15. The van der Waals surface area contributed by atoms with E-state index in [9.17, 15) is 0 Å². The summed E-state index contributed by atoms with van der Waals surface area (Å²) in [5, 5.41) is 8.68. The Kier molecular flexibility index (Phi) is 3.16. The van der Waals surface area contributed by atoms with E-state index in [1.165, 1.54) is 0 Å². The Hall–Kier alpha value is -0.0800. The molecule has 0 aromatic carbocycles. The smallest absolute Gasteiger partial charge is 0.0602 e. The first-order valence-corrected chi connectivity index (χ1v) is 4.11. The molecule has 60 valence electrons. The summed E-state index contributed by atoms with van der Waals surface area (Å²) in [4.78, 5) is 0. The molecule has 1 N–H and O–H groups in total. The van der Waals surface area contributed by atoms with Crippen molar-refractivity contribution in [2.24, 2.45) is 5.92 Å². The second kappa shape index (κ2) is 3.94. The third kappa shape index (κ3) is 1.70. The molecular weight excluding hydrogens is 128 g/mol. The molecule has 0 aromatic heterocycles. The van der Waals surface area contributed by atoms with E-state index < -0.39 is 0 Å². The lowest BCUT2D eigenvalue weighted by atomic mass is 9.97. The zero-order valence-corrected chi connectivity index (χ0v) is 6.55. The minimum absolute atomic E-state index is 0.310. The zero-order valence-electron chi connectivity index (χ0n) is 6.55. The summed E-state index contributed by atoms with van der Waals surface area (Å²) >= 11 is 0.